The smallest absolute Gasteiger partial charge is 0.243 e. The van der Waals surface area contributed by atoms with Crippen LogP contribution in [0.2, 0.25) is 0 Å². The van der Waals surface area contributed by atoms with Crippen molar-refractivity contribution in [3.63, 3.8) is 0 Å². The van der Waals surface area contributed by atoms with E-state index in [9.17, 15) is 13.2 Å². The molecular weight excluding hydrogens is 554 g/mol. The average molecular weight is 598 g/mol. The lowest BCUT2D eigenvalue weighted by Gasteiger charge is -2.57. The van der Waals surface area contributed by atoms with Crippen molar-refractivity contribution in [1.29, 1.82) is 0 Å². The Kier molecular flexibility index (Phi) is 7.58. The Morgan fingerprint density at radius 2 is 1.26 bits per heavy atom. The van der Waals surface area contributed by atoms with Crippen LogP contribution >= 0.6 is 0 Å². The molecule has 0 atom stereocenters. The fraction of sp³-hybridized carbons (Fsp3) is 0.472. The Hall–Kier alpha value is -3.16. The Labute approximate surface area is 256 Å². The molecule has 0 spiro atoms. The summed E-state index contributed by atoms with van der Waals surface area (Å²) in [4.78, 5) is 17.8. The second kappa shape index (κ2) is 11.4. The predicted molar refractivity (Wildman–Crippen MR) is 171 cm³/mol. The minimum absolute atomic E-state index is 0.111. The number of nitrogens with zero attached hydrogens (tertiary/aromatic N) is 3. The molecule has 1 saturated heterocycles. The number of anilines is 1. The second-order valence-electron chi connectivity index (χ2n) is 13.7. The molecule has 5 aliphatic rings. The number of amides is 1. The summed E-state index contributed by atoms with van der Waals surface area (Å²) in [5.74, 6) is 2.41. The Morgan fingerprint density at radius 3 is 1.72 bits per heavy atom. The number of hydrogen-bond acceptors (Lipinski definition) is 4. The summed E-state index contributed by atoms with van der Waals surface area (Å²) in [6.07, 6.45) is 9.21. The summed E-state index contributed by atoms with van der Waals surface area (Å²) in [7, 11) is -3.63. The van der Waals surface area contributed by atoms with Gasteiger partial charge in [-0.25, -0.2) is 8.42 Å². The van der Waals surface area contributed by atoms with Gasteiger partial charge in [0.1, 0.15) is 6.54 Å². The van der Waals surface area contributed by atoms with Crippen molar-refractivity contribution >= 4 is 21.6 Å². The normalized spacial score (nSPS) is 27.0. The Balaban J connectivity index is 1.04. The van der Waals surface area contributed by atoms with Crippen LogP contribution < -0.4 is 4.31 Å². The van der Waals surface area contributed by atoms with Crippen LogP contribution in [0.4, 0.5) is 5.69 Å². The number of sulfonamides is 1. The van der Waals surface area contributed by atoms with Crippen LogP contribution in [0.1, 0.15) is 61.3 Å². The molecule has 4 aliphatic carbocycles. The minimum Gasteiger partial charge on any atom is -0.339 e. The molecule has 5 fully saturated rings. The number of carbonyl (C=O) groups is 1. The maximum atomic E-state index is 13.5. The van der Waals surface area contributed by atoms with Crippen LogP contribution in [0, 0.1) is 17.8 Å². The first kappa shape index (κ1) is 28.6. The van der Waals surface area contributed by atoms with E-state index in [1.54, 1.807) is 0 Å². The van der Waals surface area contributed by atoms with E-state index < -0.39 is 10.0 Å². The van der Waals surface area contributed by atoms with Crippen LogP contribution in [-0.2, 0) is 20.2 Å². The Bertz CT molecular complexity index is 1460. The third-order valence-electron chi connectivity index (χ3n) is 10.7. The zero-order chi connectivity index (χ0) is 29.6. The quantitative estimate of drug-likeness (QED) is 0.327. The molecule has 0 radical (unpaired) electrons. The van der Waals surface area contributed by atoms with E-state index in [0.29, 0.717) is 18.8 Å². The molecule has 3 aromatic carbocycles. The van der Waals surface area contributed by atoms with Crippen LogP contribution in [0.15, 0.2) is 84.9 Å². The summed E-state index contributed by atoms with van der Waals surface area (Å²) in [5, 5.41) is 0. The molecule has 1 amide bonds. The van der Waals surface area contributed by atoms with Gasteiger partial charge >= 0.3 is 0 Å². The van der Waals surface area contributed by atoms with Crippen LogP contribution in [0.5, 0.6) is 0 Å². The van der Waals surface area contributed by atoms with Crippen molar-refractivity contribution in [3.05, 3.63) is 102 Å². The lowest BCUT2D eigenvalue weighted by Crippen LogP contribution is -2.52. The first-order valence-electron chi connectivity index (χ1n) is 16.0. The molecule has 3 aromatic rings. The second-order valence-corrected chi connectivity index (χ2v) is 15.6. The maximum Gasteiger partial charge on any atom is 0.243 e. The number of benzene rings is 3. The van der Waals surface area contributed by atoms with E-state index in [1.807, 2.05) is 29.2 Å². The highest BCUT2D eigenvalue weighted by atomic mass is 32.2. The van der Waals surface area contributed by atoms with Crippen molar-refractivity contribution in [3.8, 4) is 0 Å². The highest BCUT2D eigenvalue weighted by molar-refractivity contribution is 7.92. The van der Waals surface area contributed by atoms with Crippen LogP contribution in [-0.4, -0.2) is 63.1 Å². The third kappa shape index (κ3) is 5.74. The summed E-state index contributed by atoms with van der Waals surface area (Å²) >= 11 is 0. The minimum atomic E-state index is -3.63. The van der Waals surface area contributed by atoms with Gasteiger partial charge in [-0.05, 0) is 90.5 Å². The summed E-state index contributed by atoms with van der Waals surface area (Å²) < 4.78 is 27.2. The van der Waals surface area contributed by atoms with Gasteiger partial charge in [-0.1, -0.05) is 72.8 Å². The van der Waals surface area contributed by atoms with E-state index in [1.165, 1.54) is 65.8 Å². The molecular formula is C36H43N3O3S. The summed E-state index contributed by atoms with van der Waals surface area (Å²) in [6.45, 7) is 2.41. The van der Waals surface area contributed by atoms with Crippen LogP contribution in [0.25, 0.3) is 0 Å². The average Bonchev–Trinajstić information content (AvgIpc) is 3.00. The standard InChI is InChI=1S/C36H43N3O3S/c1-43(41,42)39(33-14-12-32(13-15-33)36-23-27-20-28(24-36)22-29(21-27)25-36)26-34(40)37-16-18-38(19-17-37)35(30-8-4-2-5-9-30)31-10-6-3-7-11-31/h2-15,27-29,35H,16-26H2,1H3. The first-order chi connectivity index (χ1) is 20.8. The fourth-order valence-corrected chi connectivity index (χ4v) is 10.0. The molecule has 0 aromatic heterocycles. The zero-order valence-corrected chi connectivity index (χ0v) is 26.0. The molecule has 226 valence electrons. The summed E-state index contributed by atoms with van der Waals surface area (Å²) in [6, 6.07) is 29.3. The zero-order valence-electron chi connectivity index (χ0n) is 25.1. The van der Waals surface area contributed by atoms with E-state index in [2.05, 4.69) is 65.6 Å². The molecule has 8 rings (SSSR count). The number of piperazine rings is 1. The van der Waals surface area contributed by atoms with Gasteiger partial charge in [-0.2, -0.15) is 0 Å². The number of hydrogen-bond donors (Lipinski definition) is 0. The molecule has 43 heavy (non-hydrogen) atoms. The Morgan fingerprint density at radius 1 is 0.767 bits per heavy atom. The molecule has 7 heteroatoms. The largest absolute Gasteiger partial charge is 0.339 e. The first-order valence-corrected chi connectivity index (χ1v) is 17.8. The lowest BCUT2D eigenvalue weighted by atomic mass is 9.48. The topological polar surface area (TPSA) is 60.9 Å². The monoisotopic (exact) mass is 597 g/mol. The van der Waals surface area contributed by atoms with E-state index in [0.717, 1.165) is 30.8 Å². The summed E-state index contributed by atoms with van der Waals surface area (Å²) in [5.41, 5.74) is 4.66. The predicted octanol–water partition coefficient (Wildman–Crippen LogP) is 5.85. The highest BCUT2D eigenvalue weighted by Gasteiger charge is 2.51. The van der Waals surface area contributed by atoms with Gasteiger partial charge in [-0.15, -0.1) is 0 Å². The third-order valence-corrected chi connectivity index (χ3v) is 11.9. The van der Waals surface area contributed by atoms with Crippen molar-refractivity contribution < 1.29 is 13.2 Å². The van der Waals surface area contributed by atoms with Gasteiger partial charge in [-0.3, -0.25) is 14.0 Å². The van der Waals surface area contributed by atoms with Gasteiger partial charge in [0.15, 0.2) is 0 Å². The highest BCUT2D eigenvalue weighted by Crippen LogP contribution is 2.60. The molecule has 4 bridgehead atoms. The van der Waals surface area contributed by atoms with Crippen molar-refractivity contribution in [2.75, 3.05) is 43.3 Å². The van der Waals surface area contributed by atoms with Gasteiger partial charge in [0.2, 0.25) is 15.9 Å². The number of rotatable bonds is 8. The molecule has 1 heterocycles. The molecule has 0 N–H and O–H groups in total. The van der Waals surface area contributed by atoms with Crippen molar-refractivity contribution in [2.24, 2.45) is 17.8 Å². The molecule has 6 nitrogen and oxygen atoms in total. The van der Waals surface area contributed by atoms with E-state index in [4.69, 9.17) is 0 Å². The van der Waals surface area contributed by atoms with Crippen molar-refractivity contribution in [1.82, 2.24) is 9.80 Å². The number of carbonyl (C=O) groups excluding carboxylic acids is 1. The molecule has 0 unspecified atom stereocenters. The van der Waals surface area contributed by atoms with Gasteiger partial charge in [0, 0.05) is 26.2 Å². The SMILES string of the molecule is CS(=O)(=O)N(CC(=O)N1CCN(C(c2ccccc2)c2ccccc2)CC1)c1ccc(C23CC4CC(CC(C4)C2)C3)cc1. The lowest BCUT2D eigenvalue weighted by molar-refractivity contribution is -0.131. The van der Waals surface area contributed by atoms with Gasteiger partial charge in [0.25, 0.3) is 0 Å². The van der Waals surface area contributed by atoms with Gasteiger partial charge in [0.05, 0.1) is 18.0 Å². The van der Waals surface area contributed by atoms with E-state index >= 15 is 0 Å². The maximum absolute atomic E-state index is 13.5. The van der Waals surface area contributed by atoms with Gasteiger partial charge < -0.3 is 4.90 Å². The van der Waals surface area contributed by atoms with Crippen molar-refractivity contribution in [2.45, 2.75) is 50.0 Å². The molecule has 4 saturated carbocycles. The molecule has 1 aliphatic heterocycles. The fourth-order valence-electron chi connectivity index (χ4n) is 9.18. The van der Waals surface area contributed by atoms with Crippen LogP contribution in [0.3, 0.4) is 0 Å². The van der Waals surface area contributed by atoms with E-state index in [-0.39, 0.29) is 23.9 Å².